The first-order chi connectivity index (χ1) is 2.27. The molecule has 0 aromatic carbocycles. The Morgan fingerprint density at radius 3 is 2.20 bits per heavy atom. The first-order valence-electron chi connectivity index (χ1n) is 1.52. The summed E-state index contributed by atoms with van der Waals surface area (Å²) in [5, 5.41) is 0. The van der Waals surface area contributed by atoms with Crippen molar-refractivity contribution in [2.75, 3.05) is 6.66 Å². The van der Waals surface area contributed by atoms with Gasteiger partial charge in [-0.15, -0.1) is 13.7 Å². The molecule has 0 N–H and O–H groups in total. The van der Waals surface area contributed by atoms with E-state index < -0.39 is 0 Å². The van der Waals surface area contributed by atoms with E-state index in [0.717, 1.165) is 6.28 Å². The van der Waals surface area contributed by atoms with Gasteiger partial charge in [0.05, 0.1) is 0 Å². The lowest BCUT2D eigenvalue weighted by Gasteiger charge is -1.77. The molecule has 0 saturated carbocycles. The molecule has 0 aromatic rings. The summed E-state index contributed by atoms with van der Waals surface area (Å²) in [6, 6.07) is 0. The molecule has 0 aliphatic rings. The Kier molecular flexibility index (Phi) is 3.35. The van der Waals surface area contributed by atoms with Gasteiger partial charge in [0.2, 0.25) is 6.28 Å². The van der Waals surface area contributed by atoms with Crippen LogP contribution in [-0.4, -0.2) is 19.2 Å². The van der Waals surface area contributed by atoms with Crippen molar-refractivity contribution in [2.24, 2.45) is 0 Å². The van der Waals surface area contributed by atoms with Gasteiger partial charge in [-0.25, -0.2) is 12.5 Å². The maximum absolute atomic E-state index is 4.00. The molecule has 0 rings (SSSR count). The largest absolute Gasteiger partial charge is 0.225 e. The number of hydrogen-bond donors (Lipinski definition) is 1. The van der Waals surface area contributed by atoms with E-state index in [2.05, 4.69) is 25.4 Å². The molecule has 0 amide bonds. The summed E-state index contributed by atoms with van der Waals surface area (Å²) in [6.45, 7) is 2.14. The Morgan fingerprint density at radius 1 is 2.00 bits per heavy atom. The summed E-state index contributed by atoms with van der Waals surface area (Å²) in [7, 11) is -0.260. The fourth-order valence-electron chi connectivity index (χ4n) is 0. The molecule has 0 aliphatic carbocycles. The first-order valence-corrected chi connectivity index (χ1v) is 4.57. The van der Waals surface area contributed by atoms with Crippen LogP contribution in [0.2, 0.25) is 0 Å². The summed E-state index contributed by atoms with van der Waals surface area (Å²) in [5.74, 6) is 0. The monoisotopic (exact) mass is 106 g/mol. The van der Waals surface area contributed by atoms with Gasteiger partial charge in [-0.2, -0.15) is 0 Å². The Balaban J connectivity index is 2.85. The van der Waals surface area contributed by atoms with Crippen molar-refractivity contribution in [3.63, 3.8) is 0 Å². The second kappa shape index (κ2) is 2.93. The second-order valence-electron chi connectivity index (χ2n) is 1.12. The highest BCUT2D eigenvalue weighted by atomic mass is 32.1. The average molecular weight is 106 g/mol. The molecule has 0 nitrogen and oxygen atoms in total. The van der Waals surface area contributed by atoms with Gasteiger partial charge in [0.1, 0.15) is 0 Å². The highest BCUT2D eigenvalue weighted by molar-refractivity contribution is 8.26. The van der Waals surface area contributed by atoms with Crippen molar-refractivity contribution in [3.8, 4) is 0 Å². The quantitative estimate of drug-likeness (QED) is 0.280. The highest BCUT2D eigenvalue weighted by Crippen LogP contribution is 2.08. The third-order valence-electron chi connectivity index (χ3n) is 0.270. The molecule has 0 spiro atoms. The Labute approximate surface area is 39.9 Å². The standard InChI is InChI=1S/C2H8BPS/c1-4(2)3-5/h3-5H,1H2,2H3. The molecule has 3 heteroatoms. The van der Waals surface area contributed by atoms with Gasteiger partial charge in [-0.05, 0) is 0 Å². The van der Waals surface area contributed by atoms with E-state index in [-0.39, 0.29) is 7.42 Å². The molecule has 30 valence electrons. The summed E-state index contributed by atoms with van der Waals surface area (Å²) < 4.78 is 0. The third kappa shape index (κ3) is 4.71. The number of thiol groups is 1. The molecule has 0 radical (unpaired) electrons. The number of rotatable bonds is 1. The van der Waals surface area contributed by atoms with Crippen LogP contribution in [0.1, 0.15) is 0 Å². The Hall–Kier alpha value is 0.715. The fourth-order valence-corrected chi connectivity index (χ4v) is 0. The van der Waals surface area contributed by atoms with Crippen LogP contribution in [0.15, 0.2) is 0 Å². The molecular weight excluding hydrogens is 97.9 g/mol. The maximum atomic E-state index is 4.00. The topological polar surface area (TPSA) is 0 Å². The molecule has 0 heterocycles. The molecule has 0 fully saturated rings. The molecule has 0 saturated heterocycles. The van der Waals surface area contributed by atoms with Crippen LogP contribution >= 0.6 is 19.9 Å². The van der Waals surface area contributed by atoms with Crippen LogP contribution in [0.4, 0.5) is 0 Å². The van der Waals surface area contributed by atoms with Crippen LogP contribution in [0.3, 0.4) is 0 Å². The Bertz CT molecular complexity index is 44.9. The zero-order valence-electron chi connectivity index (χ0n) is 3.36. The molecule has 1 unspecified atom stereocenters. The van der Waals surface area contributed by atoms with E-state index in [0.29, 0.717) is 0 Å². The van der Waals surface area contributed by atoms with Gasteiger partial charge in [-0.3, -0.25) is 0 Å². The molecular formula is C2H8BPS. The van der Waals surface area contributed by atoms with Crippen LogP contribution in [0.5, 0.6) is 0 Å². The van der Waals surface area contributed by atoms with Gasteiger partial charge in [0.15, 0.2) is 0 Å². The minimum Gasteiger partial charge on any atom is -0.225 e. The van der Waals surface area contributed by atoms with E-state index in [1.807, 2.05) is 0 Å². The van der Waals surface area contributed by atoms with Gasteiger partial charge in [-0.1, -0.05) is 6.66 Å². The molecule has 5 heavy (non-hydrogen) atoms. The zero-order chi connectivity index (χ0) is 4.28. The van der Waals surface area contributed by atoms with Crippen molar-refractivity contribution in [3.05, 3.63) is 0 Å². The van der Waals surface area contributed by atoms with Crippen molar-refractivity contribution in [1.29, 1.82) is 0 Å². The van der Waals surface area contributed by atoms with Gasteiger partial charge >= 0.3 is 0 Å². The predicted octanol–water partition coefficient (Wildman–Crippen LogP) is 0.459. The molecule has 0 bridgehead atoms. The second-order valence-corrected chi connectivity index (χ2v) is 4.29. The van der Waals surface area contributed by atoms with Gasteiger partial charge < -0.3 is 0 Å². The molecule has 0 aliphatic heterocycles. The van der Waals surface area contributed by atoms with Crippen LogP contribution < -0.4 is 0 Å². The normalized spacial score (nSPS) is 14.0. The molecule has 1 atom stereocenters. The fraction of sp³-hybridized carbons (Fsp3) is 0.500. The van der Waals surface area contributed by atoms with Crippen LogP contribution in [0.25, 0.3) is 0 Å². The minimum atomic E-state index is -0.260. The Morgan fingerprint density at radius 2 is 2.20 bits per heavy atom. The maximum Gasteiger partial charge on any atom is 0.212 e. The van der Waals surface area contributed by atoms with E-state index in [9.17, 15) is 0 Å². The van der Waals surface area contributed by atoms with E-state index in [4.69, 9.17) is 0 Å². The third-order valence-corrected chi connectivity index (χ3v) is 2.43. The summed E-state index contributed by atoms with van der Waals surface area (Å²) >= 11 is 4.00. The van der Waals surface area contributed by atoms with Crippen LogP contribution in [0, 0.1) is 0 Å². The predicted molar refractivity (Wildman–Crippen MR) is 37.5 cm³/mol. The summed E-state index contributed by atoms with van der Waals surface area (Å²) in [5.41, 5.74) is 0. The van der Waals surface area contributed by atoms with Crippen molar-refractivity contribution < 1.29 is 0 Å². The first kappa shape index (κ1) is 5.71. The van der Waals surface area contributed by atoms with E-state index in [1.165, 1.54) is 0 Å². The highest BCUT2D eigenvalue weighted by Gasteiger charge is 1.71. The average Bonchev–Trinajstić information content (AvgIpc) is 1.38. The lowest BCUT2D eigenvalue weighted by Crippen LogP contribution is -1.58. The van der Waals surface area contributed by atoms with Crippen molar-refractivity contribution >= 4 is 32.5 Å². The van der Waals surface area contributed by atoms with Crippen molar-refractivity contribution in [2.45, 2.75) is 0 Å². The van der Waals surface area contributed by atoms with E-state index in [1.54, 1.807) is 0 Å². The number of hydrogen-bond acceptors (Lipinski definition) is 1. The smallest absolute Gasteiger partial charge is 0.212 e. The lowest BCUT2D eigenvalue weighted by atomic mass is 10.7. The van der Waals surface area contributed by atoms with Crippen molar-refractivity contribution in [1.82, 2.24) is 0 Å². The van der Waals surface area contributed by atoms with Crippen LogP contribution in [-0.2, 0) is 0 Å². The van der Waals surface area contributed by atoms with Gasteiger partial charge in [0, 0.05) is 0 Å². The summed E-state index contributed by atoms with van der Waals surface area (Å²) in [6.07, 6.45) is 4.77. The minimum absolute atomic E-state index is 0.260. The lowest BCUT2D eigenvalue weighted by molar-refractivity contribution is 2.50. The zero-order valence-corrected chi connectivity index (χ0v) is 5.26. The molecule has 0 aromatic heterocycles. The summed E-state index contributed by atoms with van der Waals surface area (Å²) in [4.78, 5) is 0. The van der Waals surface area contributed by atoms with E-state index >= 15 is 0 Å². The van der Waals surface area contributed by atoms with Gasteiger partial charge in [0.25, 0.3) is 0 Å². The SMILES string of the molecule is C=[PH](C)BS.